The fourth-order valence-corrected chi connectivity index (χ4v) is 5.09. The standard InChI is InChI=1S/C19H24FN5O3S/c20-17-3-1-16(2-4-17)15-29(26,27)25-7-5-23(6-8-25)18-13-19(22-21-14-18)24-9-11-28-12-10-24/h1-4,13-14H,5-12,15H2. The highest BCUT2D eigenvalue weighted by Gasteiger charge is 2.27. The Morgan fingerprint density at radius 2 is 1.66 bits per heavy atom. The van der Waals surface area contributed by atoms with Crippen LogP contribution in [-0.4, -0.2) is 75.4 Å². The highest BCUT2D eigenvalue weighted by molar-refractivity contribution is 7.88. The molecule has 156 valence electrons. The van der Waals surface area contributed by atoms with Crippen LogP contribution in [0.1, 0.15) is 5.56 Å². The first-order valence-electron chi connectivity index (χ1n) is 9.64. The third kappa shape index (κ3) is 4.82. The van der Waals surface area contributed by atoms with Crippen LogP contribution < -0.4 is 9.80 Å². The quantitative estimate of drug-likeness (QED) is 0.715. The van der Waals surface area contributed by atoms with E-state index in [1.807, 2.05) is 6.07 Å². The average molecular weight is 421 g/mol. The molecule has 8 nitrogen and oxygen atoms in total. The zero-order valence-electron chi connectivity index (χ0n) is 16.1. The summed E-state index contributed by atoms with van der Waals surface area (Å²) in [4.78, 5) is 4.27. The molecule has 4 rings (SSSR count). The van der Waals surface area contributed by atoms with Gasteiger partial charge in [0.2, 0.25) is 10.0 Å². The van der Waals surface area contributed by atoms with Crippen molar-refractivity contribution in [2.45, 2.75) is 5.75 Å². The smallest absolute Gasteiger partial charge is 0.218 e. The SMILES string of the molecule is O=S(=O)(Cc1ccc(F)cc1)N1CCN(c2cnnc(N3CCOCC3)c2)CC1. The van der Waals surface area contributed by atoms with Gasteiger partial charge < -0.3 is 14.5 Å². The summed E-state index contributed by atoms with van der Waals surface area (Å²) in [6, 6.07) is 7.59. The summed E-state index contributed by atoms with van der Waals surface area (Å²) in [6.07, 6.45) is 1.71. The maximum Gasteiger partial charge on any atom is 0.218 e. The van der Waals surface area contributed by atoms with Gasteiger partial charge in [-0.2, -0.15) is 9.40 Å². The number of halogens is 1. The molecule has 0 amide bonds. The second-order valence-electron chi connectivity index (χ2n) is 7.14. The fraction of sp³-hybridized carbons (Fsp3) is 0.474. The number of morpholine rings is 1. The van der Waals surface area contributed by atoms with Gasteiger partial charge in [-0.15, -0.1) is 5.10 Å². The summed E-state index contributed by atoms with van der Waals surface area (Å²) >= 11 is 0. The summed E-state index contributed by atoms with van der Waals surface area (Å²) in [5.41, 5.74) is 1.53. The van der Waals surface area contributed by atoms with Gasteiger partial charge in [0.05, 0.1) is 30.9 Å². The second-order valence-corrected chi connectivity index (χ2v) is 9.11. The van der Waals surface area contributed by atoms with Gasteiger partial charge in [-0.1, -0.05) is 12.1 Å². The maximum absolute atomic E-state index is 13.0. The number of benzene rings is 1. The van der Waals surface area contributed by atoms with Gasteiger partial charge in [0.25, 0.3) is 0 Å². The Bertz CT molecular complexity index is 927. The molecule has 0 N–H and O–H groups in total. The summed E-state index contributed by atoms with van der Waals surface area (Å²) in [7, 11) is -3.45. The Kier molecular flexibility index (Phi) is 5.93. The van der Waals surface area contributed by atoms with Crippen molar-refractivity contribution in [3.05, 3.63) is 47.9 Å². The molecular formula is C19H24FN5O3S. The number of piperazine rings is 1. The topological polar surface area (TPSA) is 78.9 Å². The van der Waals surface area contributed by atoms with E-state index in [0.717, 1.165) is 24.6 Å². The van der Waals surface area contributed by atoms with Crippen molar-refractivity contribution in [2.24, 2.45) is 0 Å². The summed E-state index contributed by atoms with van der Waals surface area (Å²) in [5, 5.41) is 8.35. The van der Waals surface area contributed by atoms with Gasteiger partial charge >= 0.3 is 0 Å². The van der Waals surface area contributed by atoms with Crippen LogP contribution in [0.25, 0.3) is 0 Å². The van der Waals surface area contributed by atoms with Crippen LogP contribution in [0.4, 0.5) is 15.9 Å². The minimum absolute atomic E-state index is 0.120. The summed E-state index contributed by atoms with van der Waals surface area (Å²) < 4.78 is 45.4. The Balaban J connectivity index is 1.38. The molecule has 0 unspecified atom stereocenters. The van der Waals surface area contributed by atoms with Gasteiger partial charge in [0.15, 0.2) is 5.82 Å². The lowest BCUT2D eigenvalue weighted by atomic mass is 10.2. The number of hydrogen-bond acceptors (Lipinski definition) is 7. The number of anilines is 2. The van der Waals surface area contributed by atoms with Gasteiger partial charge in [0, 0.05) is 45.3 Å². The van der Waals surface area contributed by atoms with Crippen molar-refractivity contribution in [2.75, 3.05) is 62.3 Å². The third-order valence-corrected chi connectivity index (χ3v) is 7.07. The number of aromatic nitrogens is 2. The van der Waals surface area contributed by atoms with Crippen LogP contribution in [0, 0.1) is 5.82 Å². The van der Waals surface area contributed by atoms with Crippen LogP contribution in [0.5, 0.6) is 0 Å². The van der Waals surface area contributed by atoms with Crippen molar-refractivity contribution in [1.82, 2.24) is 14.5 Å². The van der Waals surface area contributed by atoms with Crippen LogP contribution in [0.2, 0.25) is 0 Å². The van der Waals surface area contributed by atoms with Crippen molar-refractivity contribution in [1.29, 1.82) is 0 Å². The first kappa shape index (κ1) is 20.0. The molecule has 2 fully saturated rings. The number of sulfonamides is 1. The molecular weight excluding hydrogens is 397 g/mol. The summed E-state index contributed by atoms with van der Waals surface area (Å²) in [5.74, 6) is 0.324. The van der Waals surface area contributed by atoms with Crippen molar-refractivity contribution >= 4 is 21.5 Å². The molecule has 0 saturated carbocycles. The van der Waals surface area contributed by atoms with E-state index in [1.54, 1.807) is 6.20 Å². The van der Waals surface area contributed by atoms with Crippen LogP contribution in [-0.2, 0) is 20.5 Å². The normalized spacial score (nSPS) is 18.8. The predicted molar refractivity (Wildman–Crippen MR) is 108 cm³/mol. The van der Waals surface area contributed by atoms with Crippen LogP contribution >= 0.6 is 0 Å². The Morgan fingerprint density at radius 3 is 2.34 bits per heavy atom. The zero-order chi connectivity index (χ0) is 20.3. The largest absolute Gasteiger partial charge is 0.378 e. The molecule has 1 aromatic carbocycles. The van der Waals surface area contributed by atoms with E-state index in [1.165, 1.54) is 28.6 Å². The second kappa shape index (κ2) is 8.60. The maximum atomic E-state index is 13.0. The first-order valence-corrected chi connectivity index (χ1v) is 11.2. The first-order chi connectivity index (χ1) is 14.0. The molecule has 0 aliphatic carbocycles. The number of rotatable bonds is 5. The molecule has 2 aliphatic heterocycles. The van der Waals surface area contributed by atoms with Gasteiger partial charge in [-0.25, -0.2) is 12.8 Å². The fourth-order valence-electron chi connectivity index (χ4n) is 3.57. The highest BCUT2D eigenvalue weighted by atomic mass is 32.2. The van der Waals surface area contributed by atoms with Crippen molar-refractivity contribution < 1.29 is 17.5 Å². The minimum Gasteiger partial charge on any atom is -0.378 e. The van der Waals surface area contributed by atoms with E-state index >= 15 is 0 Å². The van der Waals surface area contributed by atoms with Crippen molar-refractivity contribution in [3.8, 4) is 0 Å². The molecule has 29 heavy (non-hydrogen) atoms. The van der Waals surface area contributed by atoms with E-state index in [0.29, 0.717) is 45.0 Å². The molecule has 0 atom stereocenters. The Labute approximate surface area is 169 Å². The number of nitrogens with zero attached hydrogens (tertiary/aromatic N) is 5. The van der Waals surface area contributed by atoms with Gasteiger partial charge in [0.1, 0.15) is 5.82 Å². The minimum atomic E-state index is -3.45. The molecule has 1 aromatic heterocycles. The van der Waals surface area contributed by atoms with E-state index in [9.17, 15) is 12.8 Å². The Morgan fingerprint density at radius 1 is 0.966 bits per heavy atom. The Hall–Kier alpha value is -2.30. The average Bonchev–Trinajstić information content (AvgIpc) is 2.76. The lowest BCUT2D eigenvalue weighted by Gasteiger charge is -2.35. The molecule has 0 radical (unpaired) electrons. The molecule has 2 aliphatic rings. The molecule has 0 bridgehead atoms. The van der Waals surface area contributed by atoms with E-state index in [4.69, 9.17) is 4.74 Å². The molecule has 2 saturated heterocycles. The summed E-state index contributed by atoms with van der Waals surface area (Å²) in [6.45, 7) is 4.89. The molecule has 0 spiro atoms. The predicted octanol–water partition coefficient (Wildman–Crippen LogP) is 1.10. The zero-order valence-corrected chi connectivity index (χ0v) is 16.9. The lowest BCUT2D eigenvalue weighted by molar-refractivity contribution is 0.122. The van der Waals surface area contributed by atoms with Gasteiger partial charge in [-0.3, -0.25) is 0 Å². The number of hydrogen-bond donors (Lipinski definition) is 0. The molecule has 3 heterocycles. The van der Waals surface area contributed by atoms with E-state index < -0.39 is 10.0 Å². The number of ether oxygens (including phenoxy) is 1. The highest BCUT2D eigenvalue weighted by Crippen LogP contribution is 2.22. The van der Waals surface area contributed by atoms with Crippen molar-refractivity contribution in [3.63, 3.8) is 0 Å². The van der Waals surface area contributed by atoms with Crippen LogP contribution in [0.15, 0.2) is 36.5 Å². The van der Waals surface area contributed by atoms with E-state index in [2.05, 4.69) is 20.0 Å². The van der Waals surface area contributed by atoms with Gasteiger partial charge in [-0.05, 0) is 17.7 Å². The molecule has 10 heteroatoms. The van der Waals surface area contributed by atoms with Crippen LogP contribution in [0.3, 0.4) is 0 Å². The third-order valence-electron chi connectivity index (χ3n) is 5.22. The lowest BCUT2D eigenvalue weighted by Crippen LogP contribution is -2.49. The molecule has 2 aromatic rings. The monoisotopic (exact) mass is 421 g/mol. The van der Waals surface area contributed by atoms with E-state index in [-0.39, 0.29) is 11.6 Å².